The molecule has 2 amide bonds. The zero-order valence-corrected chi connectivity index (χ0v) is 17.0. The van der Waals surface area contributed by atoms with Crippen LogP contribution in [0.1, 0.15) is 39.7 Å². The van der Waals surface area contributed by atoms with Crippen molar-refractivity contribution in [2.75, 3.05) is 39.3 Å². The number of amides is 2. The van der Waals surface area contributed by atoms with Crippen molar-refractivity contribution in [1.29, 1.82) is 0 Å². The maximum atomic E-state index is 13.2. The van der Waals surface area contributed by atoms with Crippen LogP contribution in [0, 0.1) is 11.2 Å². The predicted octanol–water partition coefficient (Wildman–Crippen LogP) is 2.75. The van der Waals surface area contributed by atoms with Crippen molar-refractivity contribution in [3.05, 3.63) is 35.6 Å². The highest BCUT2D eigenvalue weighted by Gasteiger charge is 2.28. The fourth-order valence-electron chi connectivity index (χ4n) is 3.24. The molecule has 0 spiro atoms. The number of rotatable bonds is 6. The van der Waals surface area contributed by atoms with Crippen LogP contribution in [0.2, 0.25) is 0 Å². The molecular weight excluding hydrogens is 345 g/mol. The average molecular weight is 378 g/mol. The van der Waals surface area contributed by atoms with Crippen LogP contribution in [0.3, 0.4) is 0 Å². The van der Waals surface area contributed by atoms with Crippen molar-refractivity contribution < 1.29 is 14.0 Å². The van der Waals surface area contributed by atoms with Gasteiger partial charge in [0, 0.05) is 57.6 Å². The SMILES string of the molecule is CCC(=O)N1CCN(CCN(Cc2ccc(F)cc2)C(=O)C(C)(C)C)CC1. The van der Waals surface area contributed by atoms with E-state index in [9.17, 15) is 14.0 Å². The molecule has 2 rings (SSSR count). The Kier molecular flexibility index (Phi) is 7.36. The van der Waals surface area contributed by atoms with E-state index in [1.165, 1.54) is 12.1 Å². The molecule has 1 aliphatic rings. The molecule has 0 N–H and O–H groups in total. The summed E-state index contributed by atoms with van der Waals surface area (Å²) in [4.78, 5) is 30.7. The van der Waals surface area contributed by atoms with Crippen LogP contribution in [-0.2, 0) is 16.1 Å². The Bertz CT molecular complexity index is 632. The number of nitrogens with zero attached hydrogens (tertiary/aromatic N) is 3. The summed E-state index contributed by atoms with van der Waals surface area (Å²) >= 11 is 0. The molecule has 1 aromatic carbocycles. The minimum absolute atomic E-state index is 0.0895. The lowest BCUT2D eigenvalue weighted by atomic mass is 9.94. The van der Waals surface area contributed by atoms with Crippen LogP contribution in [0.5, 0.6) is 0 Å². The first-order chi connectivity index (χ1) is 12.7. The molecule has 0 aliphatic carbocycles. The van der Waals surface area contributed by atoms with Gasteiger partial charge in [-0.05, 0) is 17.7 Å². The van der Waals surface area contributed by atoms with Gasteiger partial charge in [-0.15, -0.1) is 0 Å². The van der Waals surface area contributed by atoms with Gasteiger partial charge in [0.1, 0.15) is 5.82 Å². The molecule has 0 bridgehead atoms. The number of hydrogen-bond donors (Lipinski definition) is 0. The second kappa shape index (κ2) is 9.31. The topological polar surface area (TPSA) is 43.9 Å². The third kappa shape index (κ3) is 6.31. The molecule has 1 fully saturated rings. The smallest absolute Gasteiger partial charge is 0.228 e. The average Bonchev–Trinajstić information content (AvgIpc) is 2.65. The summed E-state index contributed by atoms with van der Waals surface area (Å²) in [5, 5.41) is 0. The number of carbonyl (C=O) groups excluding carboxylic acids is 2. The Balaban J connectivity index is 1.95. The molecule has 1 aliphatic heterocycles. The van der Waals surface area contributed by atoms with E-state index in [-0.39, 0.29) is 17.6 Å². The highest BCUT2D eigenvalue weighted by molar-refractivity contribution is 5.81. The summed E-state index contributed by atoms with van der Waals surface area (Å²) in [5.41, 5.74) is 0.457. The van der Waals surface area contributed by atoms with Gasteiger partial charge in [-0.25, -0.2) is 4.39 Å². The molecule has 1 saturated heterocycles. The standard InChI is InChI=1S/C21H32FN3O2/c1-5-19(26)24-13-10-23(11-14-24)12-15-25(20(27)21(2,3)4)16-17-6-8-18(22)9-7-17/h6-9H,5,10-16H2,1-4H3. The number of halogens is 1. The van der Waals surface area contributed by atoms with Crippen molar-refractivity contribution in [1.82, 2.24) is 14.7 Å². The Morgan fingerprint density at radius 3 is 2.19 bits per heavy atom. The summed E-state index contributed by atoms with van der Waals surface area (Å²) in [6.45, 7) is 12.7. The summed E-state index contributed by atoms with van der Waals surface area (Å²) in [5.74, 6) is 0.0223. The molecule has 0 atom stereocenters. The van der Waals surface area contributed by atoms with Crippen molar-refractivity contribution in [3.63, 3.8) is 0 Å². The highest BCUT2D eigenvalue weighted by atomic mass is 19.1. The van der Waals surface area contributed by atoms with Gasteiger partial charge < -0.3 is 9.80 Å². The Labute approximate surface area is 162 Å². The van der Waals surface area contributed by atoms with Gasteiger partial charge in [-0.3, -0.25) is 14.5 Å². The Morgan fingerprint density at radius 1 is 1.07 bits per heavy atom. The molecule has 0 radical (unpaired) electrons. The number of benzene rings is 1. The summed E-state index contributed by atoms with van der Waals surface area (Å²) < 4.78 is 13.2. The third-order valence-corrected chi connectivity index (χ3v) is 4.93. The molecule has 150 valence electrons. The van der Waals surface area contributed by atoms with Crippen molar-refractivity contribution in [2.24, 2.45) is 5.41 Å². The van der Waals surface area contributed by atoms with Gasteiger partial charge in [0.2, 0.25) is 11.8 Å². The van der Waals surface area contributed by atoms with E-state index >= 15 is 0 Å². The molecule has 0 unspecified atom stereocenters. The molecular formula is C21H32FN3O2. The van der Waals surface area contributed by atoms with E-state index < -0.39 is 5.41 Å². The Hall–Kier alpha value is -1.95. The van der Waals surface area contributed by atoms with E-state index in [2.05, 4.69) is 4.90 Å². The van der Waals surface area contributed by atoms with Crippen molar-refractivity contribution in [2.45, 2.75) is 40.7 Å². The number of hydrogen-bond acceptors (Lipinski definition) is 3. The highest BCUT2D eigenvalue weighted by Crippen LogP contribution is 2.19. The minimum Gasteiger partial charge on any atom is -0.340 e. The summed E-state index contributed by atoms with van der Waals surface area (Å²) in [6.07, 6.45) is 0.547. The monoisotopic (exact) mass is 377 g/mol. The van der Waals surface area contributed by atoms with Gasteiger partial charge in [-0.2, -0.15) is 0 Å². The lowest BCUT2D eigenvalue weighted by Gasteiger charge is -2.36. The number of piperazine rings is 1. The molecule has 5 nitrogen and oxygen atoms in total. The molecule has 1 aromatic rings. The predicted molar refractivity (Wildman–Crippen MR) is 105 cm³/mol. The minimum atomic E-state index is -0.466. The van der Waals surface area contributed by atoms with Crippen LogP contribution >= 0.6 is 0 Å². The summed E-state index contributed by atoms with van der Waals surface area (Å²) in [6, 6.07) is 6.32. The maximum absolute atomic E-state index is 13.2. The Morgan fingerprint density at radius 2 is 1.67 bits per heavy atom. The zero-order chi connectivity index (χ0) is 20.0. The van der Waals surface area contributed by atoms with Gasteiger partial charge >= 0.3 is 0 Å². The first kappa shape index (κ1) is 21.4. The second-order valence-corrected chi connectivity index (χ2v) is 8.18. The van der Waals surface area contributed by atoms with E-state index in [4.69, 9.17) is 0 Å². The first-order valence-corrected chi connectivity index (χ1v) is 9.74. The van der Waals surface area contributed by atoms with Crippen LogP contribution in [0.15, 0.2) is 24.3 Å². The van der Waals surface area contributed by atoms with Crippen LogP contribution < -0.4 is 0 Å². The lowest BCUT2D eigenvalue weighted by Crippen LogP contribution is -2.51. The molecule has 27 heavy (non-hydrogen) atoms. The van der Waals surface area contributed by atoms with Crippen LogP contribution in [0.25, 0.3) is 0 Å². The normalized spacial score (nSPS) is 15.7. The molecule has 0 saturated carbocycles. The van der Waals surface area contributed by atoms with Crippen LogP contribution in [0.4, 0.5) is 4.39 Å². The van der Waals surface area contributed by atoms with E-state index in [0.29, 0.717) is 19.5 Å². The molecule has 0 aromatic heterocycles. The van der Waals surface area contributed by atoms with Gasteiger partial charge in [-0.1, -0.05) is 39.8 Å². The summed E-state index contributed by atoms with van der Waals surface area (Å²) in [7, 11) is 0. The zero-order valence-electron chi connectivity index (χ0n) is 17.0. The fraction of sp³-hybridized carbons (Fsp3) is 0.619. The first-order valence-electron chi connectivity index (χ1n) is 9.74. The van der Waals surface area contributed by atoms with Crippen LogP contribution in [-0.4, -0.2) is 65.8 Å². The van der Waals surface area contributed by atoms with E-state index in [1.807, 2.05) is 37.5 Å². The fourth-order valence-corrected chi connectivity index (χ4v) is 3.24. The largest absolute Gasteiger partial charge is 0.340 e. The third-order valence-electron chi connectivity index (χ3n) is 4.93. The van der Waals surface area contributed by atoms with Gasteiger partial charge in [0.15, 0.2) is 0 Å². The van der Waals surface area contributed by atoms with E-state index in [0.717, 1.165) is 38.3 Å². The van der Waals surface area contributed by atoms with Gasteiger partial charge in [0.25, 0.3) is 0 Å². The lowest BCUT2D eigenvalue weighted by molar-refractivity contribution is -0.140. The second-order valence-electron chi connectivity index (χ2n) is 8.18. The molecule has 6 heteroatoms. The van der Waals surface area contributed by atoms with Crippen molar-refractivity contribution >= 4 is 11.8 Å². The molecule has 1 heterocycles. The maximum Gasteiger partial charge on any atom is 0.228 e. The quantitative estimate of drug-likeness (QED) is 0.766. The van der Waals surface area contributed by atoms with Crippen molar-refractivity contribution in [3.8, 4) is 0 Å². The van der Waals surface area contributed by atoms with E-state index in [1.54, 1.807) is 12.1 Å². The number of carbonyl (C=O) groups is 2. The van der Waals surface area contributed by atoms with Gasteiger partial charge in [0.05, 0.1) is 0 Å².